The number of amides is 1. The summed E-state index contributed by atoms with van der Waals surface area (Å²) in [7, 11) is 0. The summed E-state index contributed by atoms with van der Waals surface area (Å²) >= 11 is 3.24. The third kappa shape index (κ3) is 3.51. The summed E-state index contributed by atoms with van der Waals surface area (Å²) in [5.41, 5.74) is 0.491. The number of carbonyl (C=O) groups is 1. The molecule has 0 saturated carbocycles. The highest BCUT2D eigenvalue weighted by atomic mass is 79.9. The van der Waals surface area contributed by atoms with E-state index in [4.69, 9.17) is 0 Å². The first-order chi connectivity index (χ1) is 9.60. The first kappa shape index (κ1) is 14.4. The molecule has 0 atom stereocenters. The van der Waals surface area contributed by atoms with Crippen molar-refractivity contribution in [2.24, 2.45) is 0 Å². The number of benzene rings is 1. The van der Waals surface area contributed by atoms with Crippen molar-refractivity contribution in [2.75, 3.05) is 17.2 Å². The molecule has 2 N–H and O–H groups in total. The normalized spacial score (nSPS) is 10.2. The van der Waals surface area contributed by atoms with E-state index in [0.717, 1.165) is 0 Å². The summed E-state index contributed by atoms with van der Waals surface area (Å²) in [5, 5.41) is 5.54. The van der Waals surface area contributed by atoms with Crippen LogP contribution >= 0.6 is 15.9 Å². The molecular weight excluding hydrogens is 327 g/mol. The lowest BCUT2D eigenvalue weighted by Crippen LogP contribution is -2.15. The van der Waals surface area contributed by atoms with Gasteiger partial charge in [0.05, 0.1) is 18.1 Å². The topological polar surface area (TPSA) is 66.9 Å². The van der Waals surface area contributed by atoms with Gasteiger partial charge >= 0.3 is 0 Å². The second kappa shape index (κ2) is 6.42. The second-order valence-corrected chi connectivity index (χ2v) is 4.75. The van der Waals surface area contributed by atoms with Crippen LogP contribution in [0.15, 0.2) is 35.1 Å². The molecule has 1 aromatic carbocycles. The van der Waals surface area contributed by atoms with Crippen LogP contribution in [0.1, 0.15) is 17.4 Å². The van der Waals surface area contributed by atoms with Crippen molar-refractivity contribution in [1.82, 2.24) is 9.97 Å². The Kier molecular flexibility index (Phi) is 4.62. The molecule has 0 saturated heterocycles. The number of hydrogen-bond donors (Lipinski definition) is 2. The van der Waals surface area contributed by atoms with Crippen LogP contribution in [0.3, 0.4) is 0 Å². The molecule has 0 fully saturated rings. The lowest BCUT2D eigenvalue weighted by Gasteiger charge is -2.08. The van der Waals surface area contributed by atoms with Crippen molar-refractivity contribution >= 4 is 33.3 Å². The van der Waals surface area contributed by atoms with E-state index in [9.17, 15) is 9.18 Å². The molecule has 104 valence electrons. The number of hydrogen-bond acceptors (Lipinski definition) is 4. The maximum Gasteiger partial charge on any atom is 0.275 e. The number of nitrogens with zero attached hydrogens (tertiary/aromatic N) is 2. The molecule has 0 aliphatic heterocycles. The molecule has 0 bridgehead atoms. The molecule has 0 aliphatic carbocycles. The van der Waals surface area contributed by atoms with Gasteiger partial charge in [-0.15, -0.1) is 0 Å². The van der Waals surface area contributed by atoms with E-state index in [2.05, 4.69) is 36.5 Å². The average molecular weight is 339 g/mol. The molecule has 0 aliphatic rings. The van der Waals surface area contributed by atoms with Gasteiger partial charge in [-0.3, -0.25) is 9.78 Å². The average Bonchev–Trinajstić information content (AvgIpc) is 2.43. The smallest absolute Gasteiger partial charge is 0.275 e. The fraction of sp³-hybridized carbons (Fsp3) is 0.154. The molecule has 5 nitrogen and oxygen atoms in total. The monoisotopic (exact) mass is 338 g/mol. The molecule has 7 heteroatoms. The van der Waals surface area contributed by atoms with Crippen molar-refractivity contribution in [2.45, 2.75) is 6.92 Å². The van der Waals surface area contributed by atoms with Crippen molar-refractivity contribution < 1.29 is 9.18 Å². The molecule has 0 spiro atoms. The Labute approximate surface area is 123 Å². The standard InChI is InChI=1S/C13H12BrFN4O/c1-2-17-12-7-16-6-11(18-12)13(20)19-10-5-8(15)3-4-9(10)14/h3-7H,2H2,1H3,(H,17,18)(H,19,20). The summed E-state index contributed by atoms with van der Waals surface area (Å²) in [6, 6.07) is 4.04. The van der Waals surface area contributed by atoms with Crippen LogP contribution in [-0.2, 0) is 0 Å². The van der Waals surface area contributed by atoms with Gasteiger partial charge in [0, 0.05) is 11.0 Å². The number of halogens is 2. The van der Waals surface area contributed by atoms with Gasteiger partial charge in [-0.05, 0) is 41.1 Å². The Balaban J connectivity index is 2.19. The fourth-order valence-corrected chi connectivity index (χ4v) is 1.87. The minimum atomic E-state index is -0.455. The van der Waals surface area contributed by atoms with Crippen LogP contribution in [0, 0.1) is 5.82 Å². The van der Waals surface area contributed by atoms with Gasteiger partial charge in [-0.2, -0.15) is 0 Å². The van der Waals surface area contributed by atoms with Crippen LogP contribution in [0.25, 0.3) is 0 Å². The van der Waals surface area contributed by atoms with E-state index in [1.54, 1.807) is 0 Å². The molecule has 0 unspecified atom stereocenters. The van der Waals surface area contributed by atoms with E-state index < -0.39 is 11.7 Å². The van der Waals surface area contributed by atoms with Crippen LogP contribution in [0.4, 0.5) is 15.9 Å². The summed E-state index contributed by atoms with van der Waals surface area (Å²) < 4.78 is 13.7. The highest BCUT2D eigenvalue weighted by Gasteiger charge is 2.11. The molecule has 1 aromatic heterocycles. The molecule has 20 heavy (non-hydrogen) atoms. The van der Waals surface area contributed by atoms with Gasteiger partial charge in [-0.1, -0.05) is 0 Å². The third-order valence-corrected chi connectivity index (χ3v) is 3.09. The second-order valence-electron chi connectivity index (χ2n) is 3.90. The fourth-order valence-electron chi connectivity index (χ4n) is 1.52. The van der Waals surface area contributed by atoms with Crippen molar-refractivity contribution in [3.05, 3.63) is 46.6 Å². The van der Waals surface area contributed by atoms with Gasteiger partial charge in [-0.25, -0.2) is 9.37 Å². The Hall–Kier alpha value is -2.02. The SMILES string of the molecule is CCNc1cncc(C(=O)Nc2cc(F)ccc2Br)n1. The highest BCUT2D eigenvalue weighted by Crippen LogP contribution is 2.23. The first-order valence-corrected chi connectivity index (χ1v) is 6.71. The highest BCUT2D eigenvalue weighted by molar-refractivity contribution is 9.10. The predicted octanol–water partition coefficient (Wildman–Crippen LogP) is 3.06. The zero-order valence-corrected chi connectivity index (χ0v) is 12.2. The number of anilines is 2. The predicted molar refractivity (Wildman–Crippen MR) is 78.2 cm³/mol. The van der Waals surface area contributed by atoms with Crippen molar-refractivity contribution in [1.29, 1.82) is 0 Å². The van der Waals surface area contributed by atoms with Crippen molar-refractivity contribution in [3.63, 3.8) is 0 Å². The van der Waals surface area contributed by atoms with Crippen molar-refractivity contribution in [3.8, 4) is 0 Å². The van der Waals surface area contributed by atoms with E-state index >= 15 is 0 Å². The molecule has 1 heterocycles. The summed E-state index contributed by atoms with van der Waals surface area (Å²) in [5.74, 6) is -0.377. The van der Waals surface area contributed by atoms with Gasteiger partial charge in [0.15, 0.2) is 0 Å². The maximum absolute atomic E-state index is 13.2. The lowest BCUT2D eigenvalue weighted by molar-refractivity contribution is 0.102. The Morgan fingerprint density at radius 1 is 1.40 bits per heavy atom. The Bertz CT molecular complexity index is 636. The zero-order chi connectivity index (χ0) is 14.5. The minimum Gasteiger partial charge on any atom is -0.369 e. The number of nitrogens with one attached hydrogen (secondary N) is 2. The summed E-state index contributed by atoms with van der Waals surface area (Å²) in [6.45, 7) is 2.59. The van der Waals surface area contributed by atoms with Gasteiger partial charge in [0.2, 0.25) is 0 Å². The Morgan fingerprint density at radius 2 is 2.20 bits per heavy atom. The molecule has 1 amide bonds. The van der Waals surface area contributed by atoms with Crippen LogP contribution in [0.5, 0.6) is 0 Å². The van der Waals surface area contributed by atoms with E-state index in [1.807, 2.05) is 6.92 Å². The molecule has 0 radical (unpaired) electrons. The summed E-state index contributed by atoms with van der Waals surface area (Å²) in [6.07, 6.45) is 2.88. The Morgan fingerprint density at radius 3 is 2.95 bits per heavy atom. The largest absolute Gasteiger partial charge is 0.369 e. The molecule has 2 rings (SSSR count). The quantitative estimate of drug-likeness (QED) is 0.898. The number of carbonyl (C=O) groups excluding carboxylic acids is 1. The molecular formula is C13H12BrFN4O. The first-order valence-electron chi connectivity index (χ1n) is 5.92. The lowest BCUT2D eigenvalue weighted by atomic mass is 10.3. The van der Waals surface area contributed by atoms with E-state index in [-0.39, 0.29) is 5.69 Å². The third-order valence-electron chi connectivity index (χ3n) is 2.40. The summed E-state index contributed by atoms with van der Waals surface area (Å²) in [4.78, 5) is 20.1. The van der Waals surface area contributed by atoms with Crippen LogP contribution in [0.2, 0.25) is 0 Å². The maximum atomic E-state index is 13.2. The van der Waals surface area contributed by atoms with Gasteiger partial charge < -0.3 is 10.6 Å². The van der Waals surface area contributed by atoms with Gasteiger partial charge in [0.25, 0.3) is 5.91 Å². The van der Waals surface area contributed by atoms with Crippen LogP contribution in [-0.4, -0.2) is 22.4 Å². The zero-order valence-electron chi connectivity index (χ0n) is 10.7. The van der Waals surface area contributed by atoms with E-state index in [0.29, 0.717) is 22.5 Å². The minimum absolute atomic E-state index is 0.152. The molecule has 2 aromatic rings. The van der Waals surface area contributed by atoms with Gasteiger partial charge in [0.1, 0.15) is 17.3 Å². The number of aromatic nitrogens is 2. The van der Waals surface area contributed by atoms with Crippen LogP contribution < -0.4 is 10.6 Å². The van der Waals surface area contributed by atoms with E-state index in [1.165, 1.54) is 30.6 Å². The number of rotatable bonds is 4.